The van der Waals surface area contributed by atoms with E-state index in [0.717, 1.165) is 16.8 Å². The zero-order chi connectivity index (χ0) is 15.6. The van der Waals surface area contributed by atoms with E-state index in [0.29, 0.717) is 0 Å². The molecule has 0 aromatic heterocycles. The SMILES string of the molecule is CO[C@@H]1O[C@H](CO)[C@H](O)[C@@H](Nc2ccc(C)c(C)c2)[C@H]1O. The maximum Gasteiger partial charge on any atom is 0.185 e. The van der Waals surface area contributed by atoms with Gasteiger partial charge in [0.05, 0.1) is 12.6 Å². The van der Waals surface area contributed by atoms with E-state index in [9.17, 15) is 15.3 Å². The Hall–Kier alpha value is -1.18. The Morgan fingerprint density at radius 1 is 1.19 bits per heavy atom. The first-order valence-corrected chi connectivity index (χ1v) is 6.97. The minimum Gasteiger partial charge on any atom is -0.394 e. The van der Waals surface area contributed by atoms with Crippen LogP contribution in [0, 0.1) is 13.8 Å². The highest BCUT2D eigenvalue weighted by Gasteiger charge is 2.44. The molecule has 118 valence electrons. The first-order chi connectivity index (χ1) is 9.97. The molecule has 1 saturated heterocycles. The third-order valence-corrected chi connectivity index (χ3v) is 3.96. The van der Waals surface area contributed by atoms with E-state index in [1.54, 1.807) is 0 Å². The molecule has 1 aliphatic rings. The van der Waals surface area contributed by atoms with E-state index in [1.165, 1.54) is 7.11 Å². The maximum absolute atomic E-state index is 10.2. The molecule has 0 saturated carbocycles. The fraction of sp³-hybridized carbons (Fsp3) is 0.600. The molecule has 0 bridgehead atoms. The minimum atomic E-state index is -1.05. The van der Waals surface area contributed by atoms with Crippen LogP contribution in [0.1, 0.15) is 11.1 Å². The van der Waals surface area contributed by atoms with E-state index in [2.05, 4.69) is 5.32 Å². The Kier molecular flexibility index (Phi) is 5.18. The molecule has 5 atom stereocenters. The Morgan fingerprint density at radius 3 is 2.48 bits per heavy atom. The lowest BCUT2D eigenvalue weighted by Gasteiger charge is -2.42. The lowest BCUT2D eigenvalue weighted by Crippen LogP contribution is -2.61. The van der Waals surface area contributed by atoms with E-state index in [4.69, 9.17) is 9.47 Å². The lowest BCUT2D eigenvalue weighted by molar-refractivity contribution is -0.265. The van der Waals surface area contributed by atoms with Crippen LogP contribution in [-0.4, -0.2) is 59.7 Å². The van der Waals surface area contributed by atoms with Crippen LogP contribution in [0.4, 0.5) is 5.69 Å². The van der Waals surface area contributed by atoms with E-state index < -0.39 is 30.6 Å². The minimum absolute atomic E-state index is 0.348. The molecule has 1 aliphatic heterocycles. The van der Waals surface area contributed by atoms with Crippen LogP contribution in [0.5, 0.6) is 0 Å². The number of aliphatic hydroxyl groups is 3. The summed E-state index contributed by atoms with van der Waals surface area (Å²) < 4.78 is 10.4. The van der Waals surface area contributed by atoms with Crippen molar-refractivity contribution in [3.63, 3.8) is 0 Å². The van der Waals surface area contributed by atoms with Crippen LogP contribution in [0.25, 0.3) is 0 Å². The Labute approximate surface area is 124 Å². The summed E-state index contributed by atoms with van der Waals surface area (Å²) in [5.41, 5.74) is 3.06. The monoisotopic (exact) mass is 297 g/mol. The van der Waals surface area contributed by atoms with Crippen molar-refractivity contribution < 1.29 is 24.8 Å². The molecule has 0 amide bonds. The molecule has 0 spiro atoms. The van der Waals surface area contributed by atoms with Gasteiger partial charge in [0.15, 0.2) is 6.29 Å². The summed E-state index contributed by atoms with van der Waals surface area (Å²) in [6.45, 7) is 3.66. The standard InChI is InChI=1S/C15H23NO5/c1-8-4-5-10(6-9(8)2)16-12-13(18)11(7-17)21-15(20-3)14(12)19/h4-6,11-19H,7H2,1-3H3/t11-,12-,13+,14-,15-/m1/s1. The number of nitrogens with one attached hydrogen (secondary N) is 1. The summed E-state index contributed by atoms with van der Waals surface area (Å²) >= 11 is 0. The van der Waals surface area contributed by atoms with Crippen molar-refractivity contribution in [2.45, 2.75) is 44.5 Å². The fourth-order valence-electron chi connectivity index (χ4n) is 2.48. The van der Waals surface area contributed by atoms with Gasteiger partial charge in [-0.3, -0.25) is 0 Å². The number of methoxy groups -OCH3 is 1. The van der Waals surface area contributed by atoms with E-state index >= 15 is 0 Å². The molecule has 0 radical (unpaired) electrons. The number of ether oxygens (including phenoxy) is 2. The van der Waals surface area contributed by atoms with Crippen LogP contribution in [0.2, 0.25) is 0 Å². The number of benzene rings is 1. The highest BCUT2D eigenvalue weighted by molar-refractivity contribution is 5.49. The number of aryl methyl sites for hydroxylation is 2. The summed E-state index contributed by atoms with van der Waals surface area (Å²) in [6.07, 6.45) is -3.79. The predicted octanol–water partition coefficient (Wildman–Crippen LogP) is 0.169. The maximum atomic E-state index is 10.2. The Bertz CT molecular complexity index is 465. The van der Waals surface area contributed by atoms with Gasteiger partial charge in [0, 0.05) is 12.8 Å². The first kappa shape index (κ1) is 16.2. The van der Waals surface area contributed by atoms with Crippen molar-refractivity contribution >= 4 is 5.69 Å². The molecule has 21 heavy (non-hydrogen) atoms. The zero-order valence-electron chi connectivity index (χ0n) is 12.5. The third-order valence-electron chi connectivity index (χ3n) is 3.96. The molecule has 1 aromatic carbocycles. The highest BCUT2D eigenvalue weighted by atomic mass is 16.7. The topological polar surface area (TPSA) is 91.2 Å². The number of rotatable bonds is 4. The van der Waals surface area contributed by atoms with Crippen molar-refractivity contribution in [2.24, 2.45) is 0 Å². The fourth-order valence-corrected chi connectivity index (χ4v) is 2.48. The molecule has 6 nitrogen and oxygen atoms in total. The normalized spacial score (nSPS) is 33.0. The first-order valence-electron chi connectivity index (χ1n) is 6.97. The molecule has 6 heteroatoms. The van der Waals surface area contributed by atoms with Gasteiger partial charge in [-0.1, -0.05) is 6.07 Å². The number of hydrogen-bond donors (Lipinski definition) is 4. The number of aliphatic hydroxyl groups excluding tert-OH is 3. The quantitative estimate of drug-likeness (QED) is 0.633. The molecule has 1 aromatic rings. The van der Waals surface area contributed by atoms with Crippen LogP contribution < -0.4 is 5.32 Å². The smallest absolute Gasteiger partial charge is 0.185 e. The summed E-state index contributed by atoms with van der Waals surface area (Å²) in [5.74, 6) is 0. The average molecular weight is 297 g/mol. The summed E-state index contributed by atoms with van der Waals surface area (Å²) in [5, 5.41) is 32.9. The highest BCUT2D eigenvalue weighted by Crippen LogP contribution is 2.25. The van der Waals surface area contributed by atoms with Gasteiger partial charge in [0.2, 0.25) is 0 Å². The summed E-state index contributed by atoms with van der Waals surface area (Å²) in [7, 11) is 1.41. The van der Waals surface area contributed by atoms with Crippen LogP contribution in [0.3, 0.4) is 0 Å². The van der Waals surface area contributed by atoms with Gasteiger partial charge in [-0.25, -0.2) is 0 Å². The van der Waals surface area contributed by atoms with E-state index in [-0.39, 0.29) is 6.61 Å². The molecule has 0 unspecified atom stereocenters. The number of hydrogen-bond acceptors (Lipinski definition) is 6. The average Bonchev–Trinajstić information content (AvgIpc) is 2.47. The van der Waals surface area contributed by atoms with Crippen molar-refractivity contribution in [3.8, 4) is 0 Å². The molecule has 4 N–H and O–H groups in total. The van der Waals surface area contributed by atoms with Gasteiger partial charge in [0.25, 0.3) is 0 Å². The lowest BCUT2D eigenvalue weighted by atomic mass is 9.95. The second-order valence-corrected chi connectivity index (χ2v) is 5.41. The molecule has 1 heterocycles. The third kappa shape index (κ3) is 3.36. The summed E-state index contributed by atoms with van der Waals surface area (Å²) in [4.78, 5) is 0. The predicted molar refractivity (Wildman–Crippen MR) is 78.1 cm³/mol. The molecule has 1 fully saturated rings. The molecule has 0 aliphatic carbocycles. The molecule has 2 rings (SSSR count). The van der Waals surface area contributed by atoms with Crippen molar-refractivity contribution in [1.82, 2.24) is 0 Å². The van der Waals surface area contributed by atoms with Gasteiger partial charge < -0.3 is 30.1 Å². The van der Waals surface area contributed by atoms with Gasteiger partial charge >= 0.3 is 0 Å². The number of anilines is 1. The Balaban J connectivity index is 2.19. The van der Waals surface area contributed by atoms with Crippen LogP contribution >= 0.6 is 0 Å². The van der Waals surface area contributed by atoms with Gasteiger partial charge in [-0.05, 0) is 37.1 Å². The van der Waals surface area contributed by atoms with E-state index in [1.807, 2.05) is 32.0 Å². The second kappa shape index (κ2) is 6.72. The van der Waals surface area contributed by atoms with Crippen molar-refractivity contribution in [3.05, 3.63) is 29.3 Å². The van der Waals surface area contributed by atoms with Crippen molar-refractivity contribution in [1.29, 1.82) is 0 Å². The van der Waals surface area contributed by atoms with Gasteiger partial charge in [-0.15, -0.1) is 0 Å². The zero-order valence-corrected chi connectivity index (χ0v) is 12.5. The largest absolute Gasteiger partial charge is 0.394 e. The van der Waals surface area contributed by atoms with Gasteiger partial charge in [-0.2, -0.15) is 0 Å². The molecular weight excluding hydrogens is 274 g/mol. The Morgan fingerprint density at radius 2 is 1.90 bits per heavy atom. The van der Waals surface area contributed by atoms with Crippen LogP contribution in [-0.2, 0) is 9.47 Å². The second-order valence-electron chi connectivity index (χ2n) is 5.41. The van der Waals surface area contributed by atoms with Crippen LogP contribution in [0.15, 0.2) is 18.2 Å². The van der Waals surface area contributed by atoms with Crippen molar-refractivity contribution in [2.75, 3.05) is 19.0 Å². The summed E-state index contributed by atoms with van der Waals surface area (Å²) in [6, 6.07) is 5.10. The van der Waals surface area contributed by atoms with Gasteiger partial charge in [0.1, 0.15) is 18.3 Å². The molecular formula is C15H23NO5.